The van der Waals surface area contributed by atoms with Crippen LogP contribution in [-0.2, 0) is 9.47 Å². The summed E-state index contributed by atoms with van der Waals surface area (Å²) in [6, 6.07) is 0.258. The Hall–Kier alpha value is -0.470. The van der Waals surface area contributed by atoms with Gasteiger partial charge in [0, 0.05) is 12.5 Å². The Morgan fingerprint density at radius 3 is 3.00 bits per heavy atom. The van der Waals surface area contributed by atoms with Crippen LogP contribution in [0.15, 0.2) is 0 Å². The topological polar surface area (TPSA) is 74.2 Å². The predicted octanol–water partition coefficient (Wildman–Crippen LogP) is -1.24. The molecule has 0 bridgehead atoms. The van der Waals surface area contributed by atoms with Gasteiger partial charge >= 0.3 is 0 Å². The van der Waals surface area contributed by atoms with Gasteiger partial charge in [-0.1, -0.05) is 0 Å². The molecular formula is C10H16N2O4S. The fraction of sp³-hybridized carbons (Fsp3) is 0.900. The van der Waals surface area contributed by atoms with E-state index >= 15 is 0 Å². The van der Waals surface area contributed by atoms with Gasteiger partial charge in [-0.05, 0) is 19.1 Å². The second-order valence-corrected chi connectivity index (χ2v) is 5.17. The first-order valence-electron chi connectivity index (χ1n) is 5.80. The van der Waals surface area contributed by atoms with Gasteiger partial charge in [-0.2, -0.15) is 0 Å². The Kier molecular flexibility index (Phi) is 2.75. The maximum absolute atomic E-state index is 9.96. The average molecular weight is 260 g/mol. The number of rotatable bonds is 1. The van der Waals surface area contributed by atoms with Crippen LogP contribution in [0, 0.1) is 0 Å². The molecule has 0 saturated carbocycles. The smallest absolute Gasteiger partial charge is 0.173 e. The second-order valence-electron chi connectivity index (χ2n) is 4.79. The van der Waals surface area contributed by atoms with Crippen LogP contribution in [-0.4, -0.2) is 63.6 Å². The zero-order chi connectivity index (χ0) is 12.2. The molecule has 0 spiro atoms. The van der Waals surface area contributed by atoms with Crippen LogP contribution < -0.4 is 5.32 Å². The highest BCUT2D eigenvalue weighted by Gasteiger charge is 2.56. The number of nitrogens with one attached hydrogen (secondary N) is 1. The van der Waals surface area contributed by atoms with Crippen LogP contribution >= 0.6 is 12.2 Å². The largest absolute Gasteiger partial charge is 0.394 e. The van der Waals surface area contributed by atoms with E-state index in [9.17, 15) is 5.11 Å². The summed E-state index contributed by atoms with van der Waals surface area (Å²) < 4.78 is 11.4. The second kappa shape index (κ2) is 4.03. The lowest BCUT2D eigenvalue weighted by atomic mass is 10.1. The molecule has 0 aliphatic carbocycles. The lowest BCUT2D eigenvalue weighted by Gasteiger charge is -2.37. The molecule has 0 aromatic rings. The van der Waals surface area contributed by atoms with Crippen LogP contribution in [0.2, 0.25) is 0 Å². The van der Waals surface area contributed by atoms with Crippen LogP contribution in [0.4, 0.5) is 0 Å². The van der Waals surface area contributed by atoms with E-state index in [1.165, 1.54) is 0 Å². The van der Waals surface area contributed by atoms with E-state index in [2.05, 4.69) is 5.32 Å². The molecule has 3 fully saturated rings. The zero-order valence-corrected chi connectivity index (χ0v) is 10.3. The standard InChI is InChI=1S/C10H16N2O4S/c1-4-2-6-12(10(17)11-4)9-8(16-6)7(14)5(3-13)15-9/h4-9,13-14H,2-3H2,1H3,(H,11,17)/t4-,5?,6-,7?,8?,9?/m1/s1. The molecular weight excluding hydrogens is 244 g/mol. The molecule has 0 radical (unpaired) electrons. The van der Waals surface area contributed by atoms with Crippen molar-refractivity contribution in [1.29, 1.82) is 0 Å². The van der Waals surface area contributed by atoms with Crippen molar-refractivity contribution >= 4 is 17.3 Å². The van der Waals surface area contributed by atoms with Gasteiger partial charge in [0.05, 0.1) is 6.61 Å². The van der Waals surface area contributed by atoms with Crippen LogP contribution in [0.3, 0.4) is 0 Å². The normalized spacial score (nSPS) is 48.9. The van der Waals surface area contributed by atoms with Crippen molar-refractivity contribution in [2.75, 3.05) is 6.61 Å². The van der Waals surface area contributed by atoms with Crippen molar-refractivity contribution in [3.63, 3.8) is 0 Å². The molecule has 0 aromatic heterocycles. The molecule has 4 unspecified atom stereocenters. The van der Waals surface area contributed by atoms with Gasteiger partial charge in [0.15, 0.2) is 11.3 Å². The van der Waals surface area contributed by atoms with Crippen LogP contribution in [0.25, 0.3) is 0 Å². The lowest BCUT2D eigenvalue weighted by molar-refractivity contribution is -0.0938. The molecule has 3 N–H and O–H groups in total. The quantitative estimate of drug-likeness (QED) is 0.509. The summed E-state index contributed by atoms with van der Waals surface area (Å²) in [5.74, 6) is 0. The van der Waals surface area contributed by atoms with Gasteiger partial charge in [-0.15, -0.1) is 0 Å². The van der Waals surface area contributed by atoms with E-state index in [0.717, 1.165) is 6.42 Å². The Balaban J connectivity index is 1.82. The summed E-state index contributed by atoms with van der Waals surface area (Å²) in [5, 5.41) is 22.8. The molecule has 3 rings (SSSR count). The summed E-state index contributed by atoms with van der Waals surface area (Å²) in [4.78, 5) is 1.85. The maximum Gasteiger partial charge on any atom is 0.173 e. The predicted molar refractivity (Wildman–Crippen MR) is 62.1 cm³/mol. The lowest BCUT2D eigenvalue weighted by Crippen LogP contribution is -2.56. The van der Waals surface area contributed by atoms with E-state index in [1.54, 1.807) is 0 Å². The van der Waals surface area contributed by atoms with E-state index in [-0.39, 0.29) is 25.1 Å². The fourth-order valence-corrected chi connectivity index (χ4v) is 3.14. The summed E-state index contributed by atoms with van der Waals surface area (Å²) in [7, 11) is 0. The third kappa shape index (κ3) is 1.65. The van der Waals surface area contributed by atoms with E-state index < -0.39 is 18.3 Å². The third-order valence-corrected chi connectivity index (χ3v) is 3.88. The van der Waals surface area contributed by atoms with Crippen LogP contribution in [0.5, 0.6) is 0 Å². The molecule has 96 valence electrons. The number of nitrogens with zero attached hydrogens (tertiary/aromatic N) is 1. The first-order valence-corrected chi connectivity index (χ1v) is 6.21. The number of aliphatic hydroxyl groups is 2. The Labute approximate surface area is 104 Å². The number of aliphatic hydroxyl groups excluding tert-OH is 2. The minimum Gasteiger partial charge on any atom is -0.394 e. The summed E-state index contributed by atoms with van der Waals surface area (Å²) in [6.07, 6.45) is -1.54. The van der Waals surface area contributed by atoms with E-state index in [4.69, 9.17) is 26.8 Å². The molecule has 7 heteroatoms. The van der Waals surface area contributed by atoms with Crippen LogP contribution in [0.1, 0.15) is 13.3 Å². The molecule has 3 aliphatic heterocycles. The minimum absolute atomic E-state index is 0.136. The number of fused-ring (bicyclic) bond motifs is 3. The summed E-state index contributed by atoms with van der Waals surface area (Å²) in [5.41, 5.74) is 0. The zero-order valence-electron chi connectivity index (χ0n) is 9.44. The van der Waals surface area contributed by atoms with Gasteiger partial charge in [0.2, 0.25) is 0 Å². The number of thiocarbonyl (C=S) groups is 1. The minimum atomic E-state index is -0.797. The first-order chi connectivity index (χ1) is 8.11. The summed E-state index contributed by atoms with van der Waals surface area (Å²) >= 11 is 5.27. The average Bonchev–Trinajstić information content (AvgIpc) is 2.75. The van der Waals surface area contributed by atoms with Gasteiger partial charge < -0.3 is 25.0 Å². The van der Waals surface area contributed by atoms with Crippen molar-refractivity contribution in [3.8, 4) is 0 Å². The van der Waals surface area contributed by atoms with Crippen molar-refractivity contribution in [2.24, 2.45) is 0 Å². The Bertz CT molecular complexity index is 342. The SMILES string of the molecule is C[C@@H]1C[C@H]2OC3C(O)C(CO)OC3N2C(=S)N1. The van der Waals surface area contributed by atoms with Gasteiger partial charge in [-0.3, -0.25) is 4.90 Å². The molecule has 6 nitrogen and oxygen atoms in total. The van der Waals surface area contributed by atoms with Gasteiger partial charge in [0.1, 0.15) is 24.5 Å². The molecule has 17 heavy (non-hydrogen) atoms. The van der Waals surface area contributed by atoms with Gasteiger partial charge in [-0.25, -0.2) is 0 Å². The van der Waals surface area contributed by atoms with Crippen molar-refractivity contribution in [3.05, 3.63) is 0 Å². The maximum atomic E-state index is 9.96. The first kappa shape index (κ1) is 11.6. The highest BCUT2D eigenvalue weighted by atomic mass is 32.1. The van der Waals surface area contributed by atoms with Crippen molar-refractivity contribution < 1.29 is 19.7 Å². The number of ether oxygens (including phenoxy) is 2. The number of hydrogen-bond donors (Lipinski definition) is 3. The third-order valence-electron chi connectivity index (χ3n) is 3.55. The number of hydrogen-bond acceptors (Lipinski definition) is 5. The molecule has 3 aliphatic rings. The van der Waals surface area contributed by atoms with Crippen molar-refractivity contribution in [1.82, 2.24) is 10.2 Å². The van der Waals surface area contributed by atoms with E-state index in [1.807, 2.05) is 11.8 Å². The molecule has 0 aromatic carbocycles. The summed E-state index contributed by atoms with van der Waals surface area (Å²) in [6.45, 7) is 1.82. The Morgan fingerprint density at radius 1 is 1.53 bits per heavy atom. The molecule has 3 saturated heterocycles. The fourth-order valence-electron chi connectivity index (χ4n) is 2.71. The Morgan fingerprint density at radius 2 is 2.29 bits per heavy atom. The highest BCUT2D eigenvalue weighted by Crippen LogP contribution is 2.37. The highest BCUT2D eigenvalue weighted by molar-refractivity contribution is 7.80. The monoisotopic (exact) mass is 260 g/mol. The molecule has 0 amide bonds. The van der Waals surface area contributed by atoms with Gasteiger partial charge in [0.25, 0.3) is 0 Å². The molecule has 6 atom stereocenters. The molecule has 3 heterocycles. The van der Waals surface area contributed by atoms with Crippen molar-refractivity contribution in [2.45, 2.75) is 50.2 Å². The van der Waals surface area contributed by atoms with E-state index in [0.29, 0.717) is 5.11 Å².